The zero-order valence-corrected chi connectivity index (χ0v) is 16.1. The number of nitrogens with zero attached hydrogens (tertiary/aromatic N) is 1. The summed E-state index contributed by atoms with van der Waals surface area (Å²) in [7, 11) is -3.93. The monoisotopic (exact) mass is 421 g/mol. The number of hydrogen-bond acceptors (Lipinski definition) is 7. The van der Waals surface area contributed by atoms with E-state index in [0.29, 0.717) is 12.8 Å². The van der Waals surface area contributed by atoms with Gasteiger partial charge in [0.1, 0.15) is 6.54 Å². The maximum Gasteiger partial charge on any atom is 0.326 e. The molecule has 0 aromatic heterocycles. The second kappa shape index (κ2) is 8.13. The standard InChI is InChI=1S/C18H19N3O7S/c19-29(26,27)12-5-3-4-11(8-12)20-15(22)10-28-16(23)9-21-17(24)13-6-1-2-7-14(13)18(21)25/h1-5,8,13-14H,6-7,9-10H2,(H,20,22)(H2,19,26,27)/t13-,14+. The molecule has 0 unspecified atom stereocenters. The highest BCUT2D eigenvalue weighted by Crippen LogP contribution is 2.34. The summed E-state index contributed by atoms with van der Waals surface area (Å²) in [6, 6.07) is 5.25. The minimum Gasteiger partial charge on any atom is -0.454 e. The second-order valence-corrected chi connectivity index (χ2v) is 8.26. The van der Waals surface area contributed by atoms with Gasteiger partial charge in [0.2, 0.25) is 21.8 Å². The number of anilines is 1. The summed E-state index contributed by atoms with van der Waals surface area (Å²) >= 11 is 0. The molecule has 1 aromatic rings. The van der Waals surface area contributed by atoms with Crippen LogP contribution in [-0.2, 0) is 33.9 Å². The van der Waals surface area contributed by atoms with E-state index < -0.39 is 58.7 Å². The van der Waals surface area contributed by atoms with Crippen molar-refractivity contribution in [1.29, 1.82) is 0 Å². The van der Waals surface area contributed by atoms with Crippen LogP contribution in [0.15, 0.2) is 41.3 Å². The Balaban J connectivity index is 1.51. The number of imide groups is 1. The van der Waals surface area contributed by atoms with Crippen molar-refractivity contribution < 1.29 is 32.3 Å². The molecule has 0 radical (unpaired) electrons. The molecule has 0 bridgehead atoms. The van der Waals surface area contributed by atoms with Gasteiger partial charge in [-0.25, -0.2) is 13.6 Å². The van der Waals surface area contributed by atoms with Gasteiger partial charge in [-0.05, 0) is 31.0 Å². The lowest BCUT2D eigenvalue weighted by molar-refractivity contribution is -0.154. The van der Waals surface area contributed by atoms with Gasteiger partial charge < -0.3 is 10.1 Å². The highest BCUT2D eigenvalue weighted by atomic mass is 32.2. The summed E-state index contributed by atoms with van der Waals surface area (Å²) in [5, 5.41) is 7.39. The fourth-order valence-corrected chi connectivity index (χ4v) is 3.85. The number of likely N-dealkylation sites (tertiary alicyclic amines) is 1. The van der Waals surface area contributed by atoms with Crippen LogP contribution in [-0.4, -0.2) is 50.2 Å². The molecule has 1 heterocycles. The molecule has 11 heteroatoms. The molecule has 1 fully saturated rings. The average molecular weight is 421 g/mol. The zero-order valence-electron chi connectivity index (χ0n) is 15.2. The van der Waals surface area contributed by atoms with Gasteiger partial charge >= 0.3 is 5.97 Å². The molecule has 1 aromatic carbocycles. The number of ether oxygens (including phenoxy) is 1. The van der Waals surface area contributed by atoms with Gasteiger partial charge in [0.15, 0.2) is 6.61 Å². The van der Waals surface area contributed by atoms with Crippen molar-refractivity contribution in [2.24, 2.45) is 17.0 Å². The molecule has 1 aliphatic heterocycles. The summed E-state index contributed by atoms with van der Waals surface area (Å²) in [4.78, 5) is 49.2. The summed E-state index contributed by atoms with van der Waals surface area (Å²) in [6.45, 7) is -1.22. The molecular formula is C18H19N3O7S. The van der Waals surface area contributed by atoms with Crippen LogP contribution in [0.1, 0.15) is 12.8 Å². The van der Waals surface area contributed by atoms with E-state index in [9.17, 15) is 27.6 Å². The number of hydrogen-bond donors (Lipinski definition) is 2. The van der Waals surface area contributed by atoms with E-state index in [4.69, 9.17) is 9.88 Å². The Labute approximate surface area is 166 Å². The molecule has 2 aliphatic rings. The predicted molar refractivity (Wildman–Crippen MR) is 99.5 cm³/mol. The number of fused-ring (bicyclic) bond motifs is 1. The van der Waals surface area contributed by atoms with Gasteiger partial charge in [0.25, 0.3) is 5.91 Å². The number of sulfonamides is 1. The van der Waals surface area contributed by atoms with E-state index in [0.717, 1.165) is 11.0 Å². The number of allylic oxidation sites excluding steroid dienone is 2. The van der Waals surface area contributed by atoms with Gasteiger partial charge in [-0.15, -0.1) is 0 Å². The number of esters is 1. The second-order valence-electron chi connectivity index (χ2n) is 6.70. The van der Waals surface area contributed by atoms with Crippen molar-refractivity contribution in [2.75, 3.05) is 18.5 Å². The number of nitrogens with one attached hydrogen (secondary N) is 1. The van der Waals surface area contributed by atoms with Crippen LogP contribution in [0.4, 0.5) is 5.69 Å². The molecule has 2 atom stereocenters. The first-order valence-corrected chi connectivity index (χ1v) is 10.3. The maximum atomic E-state index is 12.3. The van der Waals surface area contributed by atoms with E-state index in [1.54, 1.807) is 0 Å². The van der Waals surface area contributed by atoms with Gasteiger partial charge in [0, 0.05) is 5.69 Å². The number of rotatable bonds is 6. The highest BCUT2D eigenvalue weighted by Gasteiger charge is 2.47. The lowest BCUT2D eigenvalue weighted by Gasteiger charge is -2.14. The molecule has 3 amide bonds. The summed E-state index contributed by atoms with van der Waals surface area (Å²) in [5.74, 6) is -3.34. The summed E-state index contributed by atoms with van der Waals surface area (Å²) < 4.78 is 27.5. The smallest absolute Gasteiger partial charge is 0.326 e. The molecule has 154 valence electrons. The number of carbonyl (C=O) groups excluding carboxylic acids is 4. The third kappa shape index (κ3) is 4.69. The predicted octanol–water partition coefficient (Wildman–Crippen LogP) is -0.233. The number of benzene rings is 1. The van der Waals surface area contributed by atoms with Crippen molar-refractivity contribution in [3.8, 4) is 0 Å². The largest absolute Gasteiger partial charge is 0.454 e. The third-order valence-electron chi connectivity index (χ3n) is 4.70. The van der Waals surface area contributed by atoms with Gasteiger partial charge in [-0.3, -0.25) is 24.1 Å². The van der Waals surface area contributed by atoms with Crippen molar-refractivity contribution in [3.05, 3.63) is 36.4 Å². The van der Waals surface area contributed by atoms with Crippen LogP contribution in [0.3, 0.4) is 0 Å². The van der Waals surface area contributed by atoms with Gasteiger partial charge in [-0.2, -0.15) is 0 Å². The Morgan fingerprint density at radius 2 is 1.76 bits per heavy atom. The van der Waals surface area contributed by atoms with Crippen molar-refractivity contribution in [3.63, 3.8) is 0 Å². The Morgan fingerprint density at radius 1 is 1.14 bits per heavy atom. The normalized spacial score (nSPS) is 21.1. The average Bonchev–Trinajstić information content (AvgIpc) is 2.91. The number of primary sulfonamides is 1. The molecule has 0 saturated carbocycles. The molecular weight excluding hydrogens is 402 g/mol. The lowest BCUT2D eigenvalue weighted by atomic mass is 9.85. The van der Waals surface area contributed by atoms with Gasteiger partial charge in [0.05, 0.1) is 16.7 Å². The minimum absolute atomic E-state index is 0.152. The zero-order chi connectivity index (χ0) is 21.2. The molecule has 1 aliphatic carbocycles. The molecule has 3 rings (SSSR count). The van der Waals surface area contributed by atoms with E-state index in [2.05, 4.69) is 5.32 Å². The maximum absolute atomic E-state index is 12.3. The van der Waals surface area contributed by atoms with E-state index in [1.165, 1.54) is 18.2 Å². The van der Waals surface area contributed by atoms with Crippen LogP contribution >= 0.6 is 0 Å². The Kier molecular flexibility index (Phi) is 5.80. The van der Waals surface area contributed by atoms with Crippen molar-refractivity contribution in [1.82, 2.24) is 4.90 Å². The van der Waals surface area contributed by atoms with E-state index >= 15 is 0 Å². The van der Waals surface area contributed by atoms with Crippen LogP contribution in [0.5, 0.6) is 0 Å². The fourth-order valence-electron chi connectivity index (χ4n) is 3.29. The number of nitrogens with two attached hydrogens (primary N) is 1. The van der Waals surface area contributed by atoms with Gasteiger partial charge in [-0.1, -0.05) is 18.2 Å². The topological polar surface area (TPSA) is 153 Å². The van der Waals surface area contributed by atoms with Crippen LogP contribution in [0.25, 0.3) is 0 Å². The lowest BCUT2D eigenvalue weighted by Crippen LogP contribution is -2.37. The molecule has 29 heavy (non-hydrogen) atoms. The molecule has 3 N–H and O–H groups in total. The molecule has 0 spiro atoms. The molecule has 1 saturated heterocycles. The first-order valence-electron chi connectivity index (χ1n) is 8.75. The van der Waals surface area contributed by atoms with Crippen molar-refractivity contribution in [2.45, 2.75) is 17.7 Å². The van der Waals surface area contributed by atoms with Crippen molar-refractivity contribution >= 4 is 39.4 Å². The Morgan fingerprint density at radius 3 is 2.34 bits per heavy atom. The first kappa shape index (κ1) is 20.7. The first-order chi connectivity index (χ1) is 13.7. The van der Waals surface area contributed by atoms with Crippen LogP contribution in [0.2, 0.25) is 0 Å². The number of carbonyl (C=O) groups is 4. The Hall–Kier alpha value is -3.05. The molecule has 10 nitrogen and oxygen atoms in total. The van der Waals surface area contributed by atoms with Crippen LogP contribution in [0, 0.1) is 11.8 Å². The summed E-state index contributed by atoms with van der Waals surface area (Å²) in [6.07, 6.45) is 4.59. The highest BCUT2D eigenvalue weighted by molar-refractivity contribution is 7.89. The quantitative estimate of drug-likeness (QED) is 0.365. The minimum atomic E-state index is -3.93. The van der Waals surface area contributed by atoms with E-state index in [-0.39, 0.29) is 10.6 Å². The summed E-state index contributed by atoms with van der Waals surface area (Å²) in [5.41, 5.74) is 0.152. The number of amides is 3. The van der Waals surface area contributed by atoms with Crippen LogP contribution < -0.4 is 10.5 Å². The van der Waals surface area contributed by atoms with E-state index in [1.807, 2.05) is 12.2 Å². The fraction of sp³-hybridized carbons (Fsp3) is 0.333. The SMILES string of the molecule is NS(=O)(=O)c1cccc(NC(=O)COC(=O)CN2C(=O)[C@H]3CC=CC[C@H]3C2=O)c1. The third-order valence-corrected chi connectivity index (χ3v) is 5.61. The Bertz CT molecular complexity index is 976.